The number of phenols is 1. The molecule has 4 aromatic rings. The molecule has 6 rings (SSSR count). The predicted octanol–water partition coefficient (Wildman–Crippen LogP) is 12.0. The number of rotatable bonds is 10. The van der Waals surface area contributed by atoms with Crippen molar-refractivity contribution in [3.8, 4) is 5.75 Å². The minimum absolute atomic E-state index is 0.0923. The van der Waals surface area contributed by atoms with Crippen molar-refractivity contribution in [3.63, 3.8) is 0 Å². The largest absolute Gasteiger partial charge is 0.507 e. The highest BCUT2D eigenvalue weighted by atomic mass is 32.3. The van der Waals surface area contributed by atoms with Crippen LogP contribution in [0.4, 0.5) is 38.0 Å². The van der Waals surface area contributed by atoms with E-state index in [0.717, 1.165) is 41.7 Å². The van der Waals surface area contributed by atoms with Gasteiger partial charge in [-0.25, -0.2) is 30.0 Å². The molecule has 354 valence electrons. The van der Waals surface area contributed by atoms with Crippen LogP contribution >= 0.6 is 33.9 Å². The molecule has 0 fully saturated rings. The number of carbonyl (C=O) groups is 2. The van der Waals surface area contributed by atoms with Gasteiger partial charge in [0.2, 0.25) is 5.69 Å². The number of hydroxylamine groups is 2. The second-order valence-electron chi connectivity index (χ2n) is 18.9. The van der Waals surface area contributed by atoms with Gasteiger partial charge in [-0.15, -0.1) is 10.1 Å². The van der Waals surface area contributed by atoms with Crippen LogP contribution in [0.15, 0.2) is 95.0 Å². The SMILES string of the molecule is CC(C)S(C)(C(C)C)C(C)C.Cc1ccc(SNc2cc(N(C(=O)OC(C)(C)C)C(=O)OC(C)(C)C)cc3c2[NH+](O)C=C3)cc1.Cc1ccc(SNc2ccc(O)c3c2[NH+](O)C=C3)cc1. The van der Waals surface area contributed by atoms with Crippen molar-refractivity contribution in [2.24, 2.45) is 0 Å². The third-order valence-corrected chi connectivity index (χ3v) is 18.5. The van der Waals surface area contributed by atoms with Crippen LogP contribution in [0, 0.1) is 13.8 Å². The number of benzene rings is 4. The van der Waals surface area contributed by atoms with Gasteiger partial charge in [0.15, 0.2) is 5.69 Å². The summed E-state index contributed by atoms with van der Waals surface area (Å²) < 4.78 is 17.5. The van der Waals surface area contributed by atoms with Gasteiger partial charge >= 0.3 is 12.2 Å². The van der Waals surface area contributed by atoms with Crippen molar-refractivity contribution < 1.29 is 44.7 Å². The highest BCUT2D eigenvalue weighted by Gasteiger charge is 2.35. The van der Waals surface area contributed by atoms with Crippen molar-refractivity contribution in [1.29, 1.82) is 0 Å². The second-order valence-corrected chi connectivity index (χ2v) is 25.7. The van der Waals surface area contributed by atoms with Crippen molar-refractivity contribution >= 4 is 86.7 Å². The zero-order chi connectivity index (χ0) is 48.6. The maximum Gasteiger partial charge on any atom is 0.424 e. The lowest BCUT2D eigenvalue weighted by Crippen LogP contribution is -2.98. The Morgan fingerprint density at radius 1 is 0.646 bits per heavy atom. The maximum absolute atomic E-state index is 13.1. The number of phenolic OH excluding ortho intramolecular Hbond substituents is 1. The quantitative estimate of drug-likeness (QED) is 0.0602. The third-order valence-electron chi connectivity index (χ3n) is 10.8. The number of hydrogen-bond acceptors (Lipinski definition) is 11. The molecule has 0 bridgehead atoms. The fourth-order valence-corrected chi connectivity index (χ4v) is 11.5. The van der Waals surface area contributed by atoms with E-state index in [-0.39, 0.29) is 31.6 Å². The molecule has 2 amide bonds. The average Bonchev–Trinajstić information content (AvgIpc) is 3.79. The van der Waals surface area contributed by atoms with Crippen molar-refractivity contribution in [3.05, 3.63) is 107 Å². The molecule has 0 aromatic heterocycles. The van der Waals surface area contributed by atoms with Gasteiger partial charge < -0.3 is 24.0 Å². The molecule has 4 aromatic carbocycles. The number of hydrogen-bond donors (Lipinski definition) is 7. The summed E-state index contributed by atoms with van der Waals surface area (Å²) >= 11 is 2.83. The van der Waals surface area contributed by atoms with E-state index >= 15 is 0 Å². The number of carbonyl (C=O) groups excluding carboxylic acids is 2. The lowest BCUT2D eigenvalue weighted by molar-refractivity contribution is -0.987. The summed E-state index contributed by atoms with van der Waals surface area (Å²) in [4.78, 5) is 29.1. The average molecular weight is 950 g/mol. The van der Waals surface area contributed by atoms with Crippen LogP contribution in [0.3, 0.4) is 0 Å². The molecule has 15 heteroatoms. The first-order valence-electron chi connectivity index (χ1n) is 21.7. The summed E-state index contributed by atoms with van der Waals surface area (Å²) in [7, 11) is -0.389. The van der Waals surface area contributed by atoms with Crippen LogP contribution in [-0.4, -0.2) is 60.9 Å². The molecule has 0 aliphatic carbocycles. The number of ether oxygens (including phenoxy) is 2. The minimum Gasteiger partial charge on any atom is -0.507 e. The molecule has 2 unspecified atom stereocenters. The van der Waals surface area contributed by atoms with Crippen LogP contribution in [0.1, 0.15) is 105 Å². The number of aryl methyl sites for hydroxylation is 2. The zero-order valence-electron chi connectivity index (χ0n) is 40.6. The Bertz CT molecular complexity index is 2270. The fraction of sp³-hybridized carbons (Fsp3) is 0.400. The van der Waals surface area contributed by atoms with E-state index in [1.165, 1.54) is 29.5 Å². The number of imide groups is 1. The van der Waals surface area contributed by atoms with E-state index in [0.29, 0.717) is 28.2 Å². The molecule has 12 nitrogen and oxygen atoms in total. The van der Waals surface area contributed by atoms with E-state index in [2.05, 4.69) is 69.4 Å². The molecule has 2 heterocycles. The molecule has 7 N–H and O–H groups in total. The first kappa shape index (κ1) is 53.0. The first-order chi connectivity index (χ1) is 30.2. The van der Waals surface area contributed by atoms with Crippen LogP contribution in [0.5, 0.6) is 5.75 Å². The Kier molecular flexibility index (Phi) is 18.1. The number of anilines is 3. The van der Waals surface area contributed by atoms with Crippen molar-refractivity contribution in [1.82, 2.24) is 0 Å². The third kappa shape index (κ3) is 14.4. The molecule has 65 heavy (non-hydrogen) atoms. The number of amides is 2. The molecular formula is C50H71N5O7S3+2. The fourth-order valence-electron chi connectivity index (χ4n) is 6.89. The Hall–Kier alpha value is -4.61. The topological polar surface area (TPSA) is 149 Å². The van der Waals surface area contributed by atoms with Crippen molar-refractivity contribution in [2.75, 3.05) is 20.6 Å². The summed E-state index contributed by atoms with van der Waals surface area (Å²) in [6, 6.07) is 22.8. The normalized spacial score (nSPS) is 15.4. The minimum atomic E-state index is -0.853. The molecule has 0 saturated heterocycles. The molecule has 2 atom stereocenters. The summed E-state index contributed by atoms with van der Waals surface area (Å²) in [5.41, 5.74) is 4.84. The standard InChI is InChI=1S/C25H31N3O5S.C15H14N2O2S.C10H24S/c1-16-8-10-19(11-9-16)34-26-20-15-18(14-17-12-13-27(31)21(17)20)28(22(29)32-24(2,3)4)23(30)33-25(5,6)7;1-10-2-4-11(5-3-10)20-16-13-6-7-14(18)12-8-9-17(19)15(12)13;1-8(2)11(7,9(3)4)10(5)6/h8-15,26,31H,1-7H3;2-9,16,18-19H,1H3;8-10H,1-7H3/p+2. The van der Waals surface area contributed by atoms with Gasteiger partial charge in [0.1, 0.15) is 40.7 Å². The van der Waals surface area contributed by atoms with Gasteiger partial charge in [-0.05, 0) is 150 Å². The van der Waals surface area contributed by atoms with Gasteiger partial charge in [-0.2, -0.15) is 4.90 Å². The Morgan fingerprint density at radius 3 is 1.51 bits per heavy atom. The summed E-state index contributed by atoms with van der Waals surface area (Å²) in [6.07, 6.45) is 7.38. The number of fused-ring (bicyclic) bond motifs is 2. The van der Waals surface area contributed by atoms with Crippen molar-refractivity contribution in [2.45, 2.75) is 134 Å². The van der Waals surface area contributed by atoms with Gasteiger partial charge in [0.25, 0.3) is 0 Å². The monoisotopic (exact) mass is 949 g/mol. The maximum atomic E-state index is 13.1. The number of nitrogens with one attached hydrogen (secondary N) is 4. The second kappa shape index (κ2) is 22.3. The number of nitrogens with zero attached hydrogens (tertiary/aromatic N) is 1. The first-order valence-corrected chi connectivity index (χ1v) is 25.6. The van der Waals surface area contributed by atoms with E-state index < -0.39 is 23.4 Å². The van der Waals surface area contributed by atoms with E-state index in [4.69, 9.17) is 9.47 Å². The van der Waals surface area contributed by atoms with Crippen LogP contribution in [-0.2, 0) is 9.47 Å². The zero-order valence-corrected chi connectivity index (χ0v) is 43.1. The van der Waals surface area contributed by atoms with Crippen LogP contribution in [0.25, 0.3) is 12.2 Å². The predicted molar refractivity (Wildman–Crippen MR) is 273 cm³/mol. The molecule has 2 aliphatic heterocycles. The highest BCUT2D eigenvalue weighted by Crippen LogP contribution is 2.57. The number of aromatic hydroxyl groups is 1. The lowest BCUT2D eigenvalue weighted by atomic mass is 10.1. The van der Waals surface area contributed by atoms with E-state index in [9.17, 15) is 25.1 Å². The Morgan fingerprint density at radius 2 is 1.08 bits per heavy atom. The molecule has 2 aliphatic rings. The molecule has 0 spiro atoms. The van der Waals surface area contributed by atoms with Gasteiger partial charge in [-0.3, -0.25) is 0 Å². The van der Waals surface area contributed by atoms with Crippen LogP contribution in [0.2, 0.25) is 0 Å². The molecule has 0 saturated carbocycles. The Labute approximate surface area is 397 Å². The van der Waals surface area contributed by atoms with Gasteiger partial charge in [0, 0.05) is 27.5 Å². The van der Waals surface area contributed by atoms with E-state index in [1.54, 1.807) is 90.4 Å². The highest BCUT2D eigenvalue weighted by molar-refractivity contribution is 8.34. The molecular weight excluding hydrogens is 879 g/mol. The summed E-state index contributed by atoms with van der Waals surface area (Å²) in [5.74, 6) is 0.172. The smallest absolute Gasteiger partial charge is 0.424 e. The summed E-state index contributed by atoms with van der Waals surface area (Å²) in [6.45, 7) is 28.6. The van der Waals surface area contributed by atoms with E-state index in [1.807, 2.05) is 50.2 Å². The van der Waals surface area contributed by atoms with Gasteiger partial charge in [0.05, 0.1) is 11.3 Å². The van der Waals surface area contributed by atoms with Gasteiger partial charge in [-0.1, -0.05) is 76.9 Å². The number of quaternary nitrogens is 2. The molecule has 0 radical (unpaired) electrons. The Balaban J connectivity index is 0.000000250. The van der Waals surface area contributed by atoms with Crippen LogP contribution < -0.4 is 24.5 Å². The summed E-state index contributed by atoms with van der Waals surface area (Å²) in [5, 5.41) is 33.0. The lowest BCUT2D eigenvalue weighted by Gasteiger charge is -2.48.